The monoisotopic (exact) mass is 273 g/mol. The van der Waals surface area contributed by atoms with Gasteiger partial charge in [0.1, 0.15) is 5.69 Å². The molecule has 0 bridgehead atoms. The molecule has 0 amide bonds. The van der Waals surface area contributed by atoms with Crippen molar-refractivity contribution in [1.29, 1.82) is 0 Å². The molecule has 19 heavy (non-hydrogen) atoms. The Hall–Kier alpha value is -1.60. The quantitative estimate of drug-likeness (QED) is 0.783. The van der Waals surface area contributed by atoms with Crippen molar-refractivity contribution in [3.8, 4) is 0 Å². The lowest BCUT2D eigenvalue weighted by atomic mass is 10.2. The van der Waals surface area contributed by atoms with Gasteiger partial charge >= 0.3 is 11.9 Å². The predicted molar refractivity (Wildman–Crippen MR) is 59.4 cm³/mol. The van der Waals surface area contributed by atoms with E-state index >= 15 is 0 Å². The average molecular weight is 273 g/mol. The molecular formula is C12H13F2NO4. The van der Waals surface area contributed by atoms with Gasteiger partial charge in [-0.25, -0.2) is 4.79 Å². The highest BCUT2D eigenvalue weighted by Gasteiger charge is 2.44. The number of esters is 1. The van der Waals surface area contributed by atoms with E-state index in [2.05, 4.69) is 9.72 Å². The molecule has 1 aliphatic rings. The number of hydrogen-bond donors (Lipinski definition) is 0. The Morgan fingerprint density at radius 3 is 2.68 bits per heavy atom. The number of alkyl halides is 2. The summed E-state index contributed by atoms with van der Waals surface area (Å²) in [5.41, 5.74) is -0.131. The third-order valence-corrected chi connectivity index (χ3v) is 2.53. The summed E-state index contributed by atoms with van der Waals surface area (Å²) < 4.78 is 42.0. The minimum Gasteiger partial charge on any atom is -0.461 e. The minimum absolute atomic E-state index is 0.115. The molecule has 1 saturated heterocycles. The van der Waals surface area contributed by atoms with E-state index in [1.165, 1.54) is 19.2 Å². The highest BCUT2D eigenvalue weighted by Crippen LogP contribution is 2.29. The van der Waals surface area contributed by atoms with Crippen molar-refractivity contribution in [2.75, 3.05) is 19.8 Å². The maximum absolute atomic E-state index is 13.6. The Morgan fingerprint density at radius 2 is 2.16 bits per heavy atom. The molecule has 2 rings (SSSR count). The van der Waals surface area contributed by atoms with Gasteiger partial charge in [0, 0.05) is 11.8 Å². The first-order valence-corrected chi connectivity index (χ1v) is 5.80. The lowest BCUT2D eigenvalue weighted by molar-refractivity contribution is -0.173. The van der Waals surface area contributed by atoms with Gasteiger partial charge < -0.3 is 14.2 Å². The number of pyridine rings is 1. The summed E-state index contributed by atoms with van der Waals surface area (Å²) in [5, 5.41) is 0. The molecule has 0 N–H and O–H groups in total. The van der Waals surface area contributed by atoms with E-state index in [-0.39, 0.29) is 6.61 Å². The van der Waals surface area contributed by atoms with Gasteiger partial charge in [-0.2, -0.15) is 8.78 Å². The summed E-state index contributed by atoms with van der Waals surface area (Å²) in [6.07, 6.45) is 0.621. The van der Waals surface area contributed by atoms with Crippen LogP contribution in [0, 0.1) is 0 Å². The average Bonchev–Trinajstić information content (AvgIpc) is 2.93. The Labute approximate surface area is 108 Å². The number of carbonyl (C=O) groups is 1. The van der Waals surface area contributed by atoms with Gasteiger partial charge in [-0.05, 0) is 13.0 Å². The molecular weight excluding hydrogens is 260 g/mol. The van der Waals surface area contributed by atoms with E-state index in [0.29, 0.717) is 18.8 Å². The van der Waals surface area contributed by atoms with Crippen molar-refractivity contribution in [2.45, 2.75) is 19.1 Å². The molecule has 7 heteroatoms. The number of carbonyl (C=O) groups excluding carboxylic acids is 1. The van der Waals surface area contributed by atoms with E-state index in [9.17, 15) is 13.6 Å². The Balaban J connectivity index is 2.14. The lowest BCUT2D eigenvalue weighted by Crippen LogP contribution is -2.29. The van der Waals surface area contributed by atoms with Crippen molar-refractivity contribution in [1.82, 2.24) is 4.98 Å². The SMILES string of the molecule is CCOC(=O)C(F)(F)c1ccc(C2OCCO2)cn1. The summed E-state index contributed by atoms with van der Waals surface area (Å²) in [6.45, 7) is 2.24. The predicted octanol–water partition coefficient (Wildman–Crippen LogP) is 1.78. The van der Waals surface area contributed by atoms with Crippen molar-refractivity contribution in [3.05, 3.63) is 29.6 Å². The largest absolute Gasteiger partial charge is 0.461 e. The van der Waals surface area contributed by atoms with Crippen LogP contribution in [0.15, 0.2) is 18.3 Å². The maximum Gasteiger partial charge on any atom is 0.384 e. The zero-order valence-corrected chi connectivity index (χ0v) is 10.3. The second-order valence-corrected chi connectivity index (χ2v) is 3.85. The first kappa shape index (κ1) is 13.8. The number of nitrogens with zero attached hydrogens (tertiary/aromatic N) is 1. The zero-order chi connectivity index (χ0) is 13.9. The molecule has 0 atom stereocenters. The Kier molecular flexibility index (Phi) is 4.06. The second-order valence-electron chi connectivity index (χ2n) is 3.85. The van der Waals surface area contributed by atoms with Gasteiger partial charge in [0.2, 0.25) is 0 Å². The molecule has 2 heterocycles. The summed E-state index contributed by atoms with van der Waals surface area (Å²) in [7, 11) is 0. The first-order chi connectivity index (χ1) is 9.05. The Morgan fingerprint density at radius 1 is 1.47 bits per heavy atom. The number of aromatic nitrogens is 1. The van der Waals surface area contributed by atoms with E-state index in [1.54, 1.807) is 0 Å². The van der Waals surface area contributed by atoms with Crippen LogP contribution < -0.4 is 0 Å². The molecule has 104 valence electrons. The van der Waals surface area contributed by atoms with Gasteiger partial charge in [0.15, 0.2) is 6.29 Å². The van der Waals surface area contributed by atoms with Gasteiger partial charge in [-0.1, -0.05) is 6.07 Å². The van der Waals surface area contributed by atoms with Gasteiger partial charge in [0.05, 0.1) is 19.8 Å². The molecule has 0 spiro atoms. The third kappa shape index (κ3) is 2.87. The highest BCUT2D eigenvalue weighted by molar-refractivity contribution is 5.78. The van der Waals surface area contributed by atoms with Crippen LogP contribution in [0.3, 0.4) is 0 Å². The maximum atomic E-state index is 13.6. The first-order valence-electron chi connectivity index (χ1n) is 5.80. The molecule has 1 fully saturated rings. The Bertz CT molecular complexity index is 444. The molecule has 0 radical (unpaired) electrons. The van der Waals surface area contributed by atoms with Gasteiger partial charge in [-0.15, -0.1) is 0 Å². The normalized spacial score (nSPS) is 16.6. The third-order valence-electron chi connectivity index (χ3n) is 2.53. The van der Waals surface area contributed by atoms with E-state index in [0.717, 1.165) is 6.07 Å². The van der Waals surface area contributed by atoms with E-state index in [1.807, 2.05) is 0 Å². The van der Waals surface area contributed by atoms with Crippen LogP contribution >= 0.6 is 0 Å². The molecule has 0 unspecified atom stereocenters. The standard InChI is InChI=1S/C12H13F2NO4/c1-2-17-11(16)12(13,14)9-4-3-8(7-15-9)10-18-5-6-19-10/h3-4,7,10H,2,5-6H2,1H3. The van der Waals surface area contributed by atoms with Crippen molar-refractivity contribution in [3.63, 3.8) is 0 Å². The number of hydrogen-bond acceptors (Lipinski definition) is 5. The highest BCUT2D eigenvalue weighted by atomic mass is 19.3. The van der Waals surface area contributed by atoms with Crippen LogP contribution in [0.5, 0.6) is 0 Å². The second kappa shape index (κ2) is 5.58. The summed E-state index contributed by atoms with van der Waals surface area (Å²) >= 11 is 0. The molecule has 0 aliphatic carbocycles. The number of ether oxygens (including phenoxy) is 3. The van der Waals surface area contributed by atoms with Crippen LogP contribution in [0.1, 0.15) is 24.5 Å². The summed E-state index contributed by atoms with van der Waals surface area (Å²) in [4.78, 5) is 14.7. The molecule has 0 saturated carbocycles. The van der Waals surface area contributed by atoms with Gasteiger partial charge in [-0.3, -0.25) is 4.98 Å². The fourth-order valence-corrected chi connectivity index (χ4v) is 1.61. The van der Waals surface area contributed by atoms with E-state index in [4.69, 9.17) is 9.47 Å². The fourth-order valence-electron chi connectivity index (χ4n) is 1.61. The van der Waals surface area contributed by atoms with Crippen molar-refractivity contribution < 1.29 is 27.8 Å². The fraction of sp³-hybridized carbons (Fsp3) is 0.500. The molecule has 1 aromatic heterocycles. The van der Waals surface area contributed by atoms with Crippen LogP contribution in [0.2, 0.25) is 0 Å². The molecule has 1 aliphatic heterocycles. The van der Waals surface area contributed by atoms with Crippen molar-refractivity contribution in [2.24, 2.45) is 0 Å². The lowest BCUT2D eigenvalue weighted by Gasteiger charge is -2.15. The van der Waals surface area contributed by atoms with Crippen LogP contribution in [0.4, 0.5) is 8.78 Å². The molecule has 0 aromatic carbocycles. The van der Waals surface area contributed by atoms with Crippen molar-refractivity contribution >= 4 is 5.97 Å². The summed E-state index contributed by atoms with van der Waals surface area (Å²) in [6, 6.07) is 2.46. The van der Waals surface area contributed by atoms with Crippen LogP contribution in [0.25, 0.3) is 0 Å². The summed E-state index contributed by atoms with van der Waals surface area (Å²) in [5.74, 6) is -5.37. The molecule has 5 nitrogen and oxygen atoms in total. The van der Waals surface area contributed by atoms with Gasteiger partial charge in [0.25, 0.3) is 0 Å². The van der Waals surface area contributed by atoms with E-state index < -0.39 is 23.9 Å². The zero-order valence-electron chi connectivity index (χ0n) is 10.3. The van der Waals surface area contributed by atoms with Crippen LogP contribution in [-0.2, 0) is 24.9 Å². The number of rotatable bonds is 4. The number of halogens is 2. The molecule has 1 aromatic rings. The topological polar surface area (TPSA) is 57.7 Å². The van der Waals surface area contributed by atoms with Crippen LogP contribution in [-0.4, -0.2) is 30.8 Å². The minimum atomic E-state index is -3.76. The smallest absolute Gasteiger partial charge is 0.384 e.